The summed E-state index contributed by atoms with van der Waals surface area (Å²) in [5, 5.41) is 23.3. The molecule has 0 fully saturated rings. The van der Waals surface area contributed by atoms with Crippen molar-refractivity contribution >= 4 is 5.97 Å². The zero-order valence-corrected chi connectivity index (χ0v) is 11.8. The number of hydrogen-bond donors (Lipinski definition) is 2. The highest BCUT2D eigenvalue weighted by atomic mass is 16.4. The van der Waals surface area contributed by atoms with Gasteiger partial charge in [0.2, 0.25) is 0 Å². The molecular formula is C16H13N3O3. The largest absolute Gasteiger partial charge is 0.508 e. The molecule has 0 unspecified atom stereocenters. The Morgan fingerprint density at radius 2 is 2.05 bits per heavy atom. The average molecular weight is 295 g/mol. The summed E-state index contributed by atoms with van der Waals surface area (Å²) in [4.78, 5) is 15.5. The fraction of sp³-hybridized carbons (Fsp3) is 0.0625. The van der Waals surface area contributed by atoms with Crippen LogP contribution in [0.15, 0.2) is 48.8 Å². The topological polar surface area (TPSA) is 88.2 Å². The molecule has 0 bridgehead atoms. The van der Waals surface area contributed by atoms with E-state index in [1.54, 1.807) is 37.5 Å². The molecule has 3 rings (SSSR count). The molecule has 6 heteroatoms. The third-order valence-corrected chi connectivity index (χ3v) is 3.29. The molecular weight excluding hydrogens is 282 g/mol. The molecule has 0 saturated carbocycles. The van der Waals surface area contributed by atoms with E-state index in [9.17, 15) is 15.0 Å². The number of hydrogen-bond acceptors (Lipinski definition) is 4. The number of benzene rings is 1. The van der Waals surface area contributed by atoms with E-state index >= 15 is 0 Å². The number of phenolic OH excluding ortho intramolecular Hbond substituents is 1. The first-order chi connectivity index (χ1) is 10.6. The second-order valence-corrected chi connectivity index (χ2v) is 4.84. The lowest BCUT2D eigenvalue weighted by molar-refractivity contribution is 0.0687. The van der Waals surface area contributed by atoms with E-state index in [1.165, 1.54) is 16.8 Å². The first kappa shape index (κ1) is 13.8. The molecule has 2 N–H and O–H groups in total. The van der Waals surface area contributed by atoms with Crippen LogP contribution in [0.5, 0.6) is 5.75 Å². The van der Waals surface area contributed by atoms with Crippen molar-refractivity contribution in [1.82, 2.24) is 14.8 Å². The molecule has 0 atom stereocenters. The van der Waals surface area contributed by atoms with Crippen molar-refractivity contribution in [3.8, 4) is 22.7 Å². The minimum Gasteiger partial charge on any atom is -0.508 e. The fourth-order valence-electron chi connectivity index (χ4n) is 2.25. The molecule has 0 spiro atoms. The highest BCUT2D eigenvalue weighted by Crippen LogP contribution is 2.24. The summed E-state index contributed by atoms with van der Waals surface area (Å²) in [5.41, 5.74) is 2.64. The first-order valence-electron chi connectivity index (χ1n) is 6.60. The Bertz CT molecular complexity index is 841. The van der Waals surface area contributed by atoms with Crippen LogP contribution in [0.2, 0.25) is 0 Å². The molecule has 0 aliphatic heterocycles. The van der Waals surface area contributed by atoms with Crippen molar-refractivity contribution in [2.75, 3.05) is 0 Å². The Kier molecular flexibility index (Phi) is 3.34. The van der Waals surface area contributed by atoms with Gasteiger partial charge in [-0.2, -0.15) is 5.10 Å². The minimum absolute atomic E-state index is 0.0487. The van der Waals surface area contributed by atoms with Crippen LogP contribution < -0.4 is 0 Å². The van der Waals surface area contributed by atoms with Crippen LogP contribution in [0.3, 0.4) is 0 Å². The third-order valence-electron chi connectivity index (χ3n) is 3.29. The standard InChI is InChI=1S/C16H13N3O3/c1-10-7-12(20)4-5-14(10)19-15(16(21)22)8-13(18-19)11-3-2-6-17-9-11/h2-9,20H,1H3,(H,21,22). The molecule has 1 aromatic carbocycles. The van der Waals surface area contributed by atoms with Crippen LogP contribution in [0.1, 0.15) is 16.1 Å². The van der Waals surface area contributed by atoms with Gasteiger partial charge in [0.05, 0.1) is 11.4 Å². The molecule has 0 radical (unpaired) electrons. The number of rotatable bonds is 3. The molecule has 110 valence electrons. The van der Waals surface area contributed by atoms with Crippen LogP contribution in [0, 0.1) is 6.92 Å². The van der Waals surface area contributed by atoms with Crippen LogP contribution in [-0.2, 0) is 0 Å². The fourth-order valence-corrected chi connectivity index (χ4v) is 2.25. The van der Waals surface area contributed by atoms with Gasteiger partial charge in [0, 0.05) is 18.0 Å². The van der Waals surface area contributed by atoms with Gasteiger partial charge in [-0.3, -0.25) is 4.98 Å². The summed E-state index contributed by atoms with van der Waals surface area (Å²) in [6.45, 7) is 1.78. The number of aromatic nitrogens is 3. The van der Waals surface area contributed by atoms with Gasteiger partial charge in [-0.15, -0.1) is 0 Å². The van der Waals surface area contributed by atoms with Crippen LogP contribution >= 0.6 is 0 Å². The van der Waals surface area contributed by atoms with Crippen LogP contribution in [0.25, 0.3) is 16.9 Å². The summed E-state index contributed by atoms with van der Waals surface area (Å²) < 4.78 is 1.36. The van der Waals surface area contributed by atoms with Crippen LogP contribution in [0.4, 0.5) is 0 Å². The predicted octanol–water partition coefficient (Wildman–Crippen LogP) is 2.65. The number of carboxylic acids is 1. The Balaban J connectivity index is 2.18. The van der Waals surface area contributed by atoms with Gasteiger partial charge >= 0.3 is 5.97 Å². The maximum atomic E-state index is 11.5. The minimum atomic E-state index is -1.07. The van der Waals surface area contributed by atoms with E-state index in [-0.39, 0.29) is 11.4 Å². The number of aromatic hydroxyl groups is 1. The van der Waals surface area contributed by atoms with Crippen molar-refractivity contribution in [3.05, 3.63) is 60.0 Å². The second kappa shape index (κ2) is 5.33. The predicted molar refractivity (Wildman–Crippen MR) is 80.2 cm³/mol. The van der Waals surface area contributed by atoms with Crippen molar-refractivity contribution < 1.29 is 15.0 Å². The quantitative estimate of drug-likeness (QED) is 0.775. The summed E-state index contributed by atoms with van der Waals surface area (Å²) in [5.74, 6) is -0.951. The summed E-state index contributed by atoms with van der Waals surface area (Å²) in [7, 11) is 0. The Morgan fingerprint density at radius 3 is 2.68 bits per heavy atom. The number of aryl methyl sites for hydroxylation is 1. The summed E-state index contributed by atoms with van der Waals surface area (Å²) in [6.07, 6.45) is 3.27. The first-order valence-corrected chi connectivity index (χ1v) is 6.60. The van der Waals surface area contributed by atoms with Crippen molar-refractivity contribution in [3.63, 3.8) is 0 Å². The molecule has 0 aliphatic carbocycles. The van der Waals surface area contributed by atoms with Crippen molar-refractivity contribution in [2.45, 2.75) is 6.92 Å². The maximum absolute atomic E-state index is 11.5. The molecule has 2 aromatic heterocycles. The van der Waals surface area contributed by atoms with E-state index in [0.29, 0.717) is 11.4 Å². The molecule has 0 saturated heterocycles. The molecule has 0 aliphatic rings. The zero-order chi connectivity index (χ0) is 15.7. The van der Waals surface area contributed by atoms with Crippen molar-refractivity contribution in [1.29, 1.82) is 0 Å². The van der Waals surface area contributed by atoms with Gasteiger partial charge in [0.15, 0.2) is 5.69 Å². The number of aromatic carboxylic acids is 1. The van der Waals surface area contributed by atoms with Gasteiger partial charge in [-0.25, -0.2) is 9.48 Å². The monoisotopic (exact) mass is 295 g/mol. The lowest BCUT2D eigenvalue weighted by Gasteiger charge is -2.08. The van der Waals surface area contributed by atoms with E-state index in [4.69, 9.17) is 0 Å². The second-order valence-electron chi connectivity index (χ2n) is 4.84. The molecule has 22 heavy (non-hydrogen) atoms. The SMILES string of the molecule is Cc1cc(O)ccc1-n1nc(-c2cccnc2)cc1C(=O)O. The van der Waals surface area contributed by atoms with Gasteiger partial charge in [0.1, 0.15) is 5.75 Å². The number of carbonyl (C=O) groups is 1. The van der Waals surface area contributed by atoms with Crippen molar-refractivity contribution in [2.24, 2.45) is 0 Å². The van der Waals surface area contributed by atoms with Crippen LogP contribution in [-0.4, -0.2) is 30.9 Å². The lowest BCUT2D eigenvalue weighted by atomic mass is 10.2. The maximum Gasteiger partial charge on any atom is 0.354 e. The number of carboxylic acid groups (broad SMARTS) is 1. The normalized spacial score (nSPS) is 10.6. The van der Waals surface area contributed by atoms with E-state index in [2.05, 4.69) is 10.1 Å². The van der Waals surface area contributed by atoms with E-state index < -0.39 is 5.97 Å². The third kappa shape index (κ3) is 2.42. The molecule has 0 amide bonds. The summed E-state index contributed by atoms with van der Waals surface area (Å²) >= 11 is 0. The number of pyridine rings is 1. The molecule has 6 nitrogen and oxygen atoms in total. The smallest absolute Gasteiger partial charge is 0.354 e. The Labute approximate surface area is 126 Å². The Morgan fingerprint density at radius 1 is 1.23 bits per heavy atom. The Hall–Kier alpha value is -3.15. The molecule has 2 heterocycles. The lowest BCUT2D eigenvalue weighted by Crippen LogP contribution is -2.09. The van der Waals surface area contributed by atoms with Gasteiger partial charge < -0.3 is 10.2 Å². The zero-order valence-electron chi connectivity index (χ0n) is 11.8. The van der Waals surface area contributed by atoms with E-state index in [1.807, 2.05) is 6.07 Å². The number of phenols is 1. The highest BCUT2D eigenvalue weighted by Gasteiger charge is 2.18. The number of nitrogens with zero attached hydrogens (tertiary/aromatic N) is 3. The van der Waals surface area contributed by atoms with Gasteiger partial charge in [-0.05, 0) is 48.9 Å². The van der Waals surface area contributed by atoms with Gasteiger partial charge in [-0.1, -0.05) is 0 Å². The highest BCUT2D eigenvalue weighted by molar-refractivity contribution is 5.88. The summed E-state index contributed by atoms with van der Waals surface area (Å²) in [6, 6.07) is 9.78. The molecule has 3 aromatic rings. The van der Waals surface area contributed by atoms with Gasteiger partial charge in [0.25, 0.3) is 0 Å². The average Bonchev–Trinajstić information content (AvgIpc) is 2.93. The van der Waals surface area contributed by atoms with E-state index in [0.717, 1.165) is 11.1 Å².